The van der Waals surface area contributed by atoms with Gasteiger partial charge in [-0.1, -0.05) is 0 Å². The van der Waals surface area contributed by atoms with E-state index in [1.54, 1.807) is 13.3 Å². The van der Waals surface area contributed by atoms with Crippen LogP contribution in [-0.4, -0.2) is 43.2 Å². The van der Waals surface area contributed by atoms with Gasteiger partial charge in [0, 0.05) is 31.6 Å². The monoisotopic (exact) mass is 213 g/mol. The van der Waals surface area contributed by atoms with E-state index in [0.717, 1.165) is 12.2 Å². The molecule has 0 fully saturated rings. The standard InChI is InChI=1S/C10H19N3O2/c1-9(8-15-6-5-14-2)11-7-10-3-4-12-13-10/h3-4,9,11H,5-8H2,1-2H3,(H,12,13). The zero-order chi connectivity index (χ0) is 10.9. The van der Waals surface area contributed by atoms with Crippen molar-refractivity contribution in [2.24, 2.45) is 0 Å². The number of aromatic nitrogens is 2. The van der Waals surface area contributed by atoms with Crippen LogP contribution in [0.2, 0.25) is 0 Å². The molecule has 0 amide bonds. The summed E-state index contributed by atoms with van der Waals surface area (Å²) in [6.45, 7) is 4.86. The van der Waals surface area contributed by atoms with E-state index in [9.17, 15) is 0 Å². The second-order valence-electron chi connectivity index (χ2n) is 3.43. The number of rotatable bonds is 8. The molecule has 0 aliphatic carbocycles. The summed E-state index contributed by atoms with van der Waals surface area (Å²) >= 11 is 0. The van der Waals surface area contributed by atoms with E-state index in [1.165, 1.54) is 0 Å². The lowest BCUT2D eigenvalue weighted by atomic mass is 10.3. The molecule has 0 spiro atoms. The van der Waals surface area contributed by atoms with Crippen LogP contribution in [0.25, 0.3) is 0 Å². The zero-order valence-corrected chi connectivity index (χ0v) is 9.32. The molecule has 5 nitrogen and oxygen atoms in total. The Morgan fingerprint density at radius 2 is 2.40 bits per heavy atom. The van der Waals surface area contributed by atoms with Gasteiger partial charge in [-0.05, 0) is 13.0 Å². The van der Waals surface area contributed by atoms with Crippen LogP contribution in [-0.2, 0) is 16.0 Å². The summed E-state index contributed by atoms with van der Waals surface area (Å²) in [6, 6.07) is 2.27. The molecule has 0 radical (unpaired) electrons. The van der Waals surface area contributed by atoms with Crippen LogP contribution in [0, 0.1) is 0 Å². The fraction of sp³-hybridized carbons (Fsp3) is 0.700. The summed E-state index contributed by atoms with van der Waals surface area (Å²) in [5.74, 6) is 0. The van der Waals surface area contributed by atoms with E-state index in [-0.39, 0.29) is 0 Å². The molecule has 0 saturated heterocycles. The molecular formula is C10H19N3O2. The minimum Gasteiger partial charge on any atom is -0.382 e. The minimum absolute atomic E-state index is 0.324. The molecule has 1 heterocycles. The number of aromatic amines is 1. The van der Waals surface area contributed by atoms with E-state index >= 15 is 0 Å². The van der Waals surface area contributed by atoms with E-state index in [0.29, 0.717) is 25.9 Å². The van der Waals surface area contributed by atoms with Crippen molar-refractivity contribution in [1.82, 2.24) is 15.5 Å². The topological polar surface area (TPSA) is 59.2 Å². The Labute approximate surface area is 90.2 Å². The van der Waals surface area contributed by atoms with Gasteiger partial charge in [0.25, 0.3) is 0 Å². The van der Waals surface area contributed by atoms with Crippen LogP contribution < -0.4 is 5.32 Å². The Balaban J connectivity index is 2.01. The summed E-state index contributed by atoms with van der Waals surface area (Å²) in [5, 5.41) is 10.1. The fourth-order valence-electron chi connectivity index (χ4n) is 1.13. The summed E-state index contributed by atoms with van der Waals surface area (Å²) in [6.07, 6.45) is 1.75. The van der Waals surface area contributed by atoms with Crippen molar-refractivity contribution < 1.29 is 9.47 Å². The van der Waals surface area contributed by atoms with E-state index in [2.05, 4.69) is 22.4 Å². The molecule has 1 rings (SSSR count). The van der Waals surface area contributed by atoms with Crippen LogP contribution in [0.5, 0.6) is 0 Å². The van der Waals surface area contributed by atoms with E-state index in [4.69, 9.17) is 9.47 Å². The van der Waals surface area contributed by atoms with Crippen molar-refractivity contribution in [2.45, 2.75) is 19.5 Å². The molecule has 5 heteroatoms. The van der Waals surface area contributed by atoms with Crippen LogP contribution in [0.3, 0.4) is 0 Å². The lowest BCUT2D eigenvalue weighted by molar-refractivity contribution is 0.0608. The number of methoxy groups -OCH3 is 1. The van der Waals surface area contributed by atoms with Crippen LogP contribution in [0.1, 0.15) is 12.6 Å². The molecule has 86 valence electrons. The third-order valence-electron chi connectivity index (χ3n) is 2.00. The van der Waals surface area contributed by atoms with Crippen molar-refractivity contribution in [2.75, 3.05) is 26.9 Å². The fourth-order valence-corrected chi connectivity index (χ4v) is 1.13. The SMILES string of the molecule is COCCOCC(C)NCc1ccn[nH]1. The summed E-state index contributed by atoms with van der Waals surface area (Å²) < 4.78 is 10.3. The molecule has 0 aromatic carbocycles. The highest BCUT2D eigenvalue weighted by molar-refractivity contribution is 4.96. The molecule has 1 unspecified atom stereocenters. The smallest absolute Gasteiger partial charge is 0.0701 e. The number of nitrogens with zero attached hydrogens (tertiary/aromatic N) is 1. The minimum atomic E-state index is 0.324. The molecule has 1 atom stereocenters. The third kappa shape index (κ3) is 5.51. The second kappa shape index (κ2) is 7.39. The molecule has 15 heavy (non-hydrogen) atoms. The van der Waals surface area contributed by atoms with E-state index < -0.39 is 0 Å². The highest BCUT2D eigenvalue weighted by atomic mass is 16.5. The third-order valence-corrected chi connectivity index (χ3v) is 2.00. The van der Waals surface area contributed by atoms with Crippen molar-refractivity contribution >= 4 is 0 Å². The quantitative estimate of drug-likeness (QED) is 0.619. The van der Waals surface area contributed by atoms with Crippen molar-refractivity contribution in [3.05, 3.63) is 18.0 Å². The summed E-state index contributed by atoms with van der Waals surface area (Å²) in [7, 11) is 1.67. The number of hydrogen-bond donors (Lipinski definition) is 2. The van der Waals surface area contributed by atoms with Gasteiger partial charge in [-0.3, -0.25) is 5.10 Å². The van der Waals surface area contributed by atoms with Crippen molar-refractivity contribution in [3.63, 3.8) is 0 Å². The van der Waals surface area contributed by atoms with Gasteiger partial charge in [0.1, 0.15) is 0 Å². The first kappa shape index (κ1) is 12.2. The van der Waals surface area contributed by atoms with Crippen LogP contribution >= 0.6 is 0 Å². The van der Waals surface area contributed by atoms with Gasteiger partial charge >= 0.3 is 0 Å². The van der Waals surface area contributed by atoms with Gasteiger partial charge in [-0.2, -0.15) is 5.10 Å². The first-order valence-electron chi connectivity index (χ1n) is 5.11. The Morgan fingerprint density at radius 1 is 1.53 bits per heavy atom. The maximum atomic E-state index is 5.39. The van der Waals surface area contributed by atoms with E-state index in [1.807, 2.05) is 6.07 Å². The molecule has 1 aromatic heterocycles. The van der Waals surface area contributed by atoms with Crippen LogP contribution in [0.15, 0.2) is 12.3 Å². The van der Waals surface area contributed by atoms with Gasteiger partial charge in [0.15, 0.2) is 0 Å². The molecule has 0 saturated carbocycles. The second-order valence-corrected chi connectivity index (χ2v) is 3.43. The Kier molecular flexibility index (Phi) is 5.99. The normalized spacial score (nSPS) is 12.9. The highest BCUT2D eigenvalue weighted by Gasteiger charge is 2.01. The molecule has 0 aliphatic heterocycles. The lowest BCUT2D eigenvalue weighted by Crippen LogP contribution is -2.30. The van der Waals surface area contributed by atoms with Crippen LogP contribution in [0.4, 0.5) is 0 Å². The van der Waals surface area contributed by atoms with Crippen molar-refractivity contribution in [1.29, 1.82) is 0 Å². The number of nitrogens with one attached hydrogen (secondary N) is 2. The average molecular weight is 213 g/mol. The average Bonchev–Trinajstić information content (AvgIpc) is 2.74. The molecular weight excluding hydrogens is 194 g/mol. The Hall–Kier alpha value is -0.910. The largest absolute Gasteiger partial charge is 0.382 e. The zero-order valence-electron chi connectivity index (χ0n) is 9.32. The molecule has 1 aromatic rings. The maximum absolute atomic E-state index is 5.39. The van der Waals surface area contributed by atoms with Crippen molar-refractivity contribution in [3.8, 4) is 0 Å². The van der Waals surface area contributed by atoms with Gasteiger partial charge in [0.2, 0.25) is 0 Å². The van der Waals surface area contributed by atoms with Gasteiger partial charge in [-0.25, -0.2) is 0 Å². The first-order chi connectivity index (χ1) is 7.33. The molecule has 0 aliphatic rings. The van der Waals surface area contributed by atoms with Gasteiger partial charge in [-0.15, -0.1) is 0 Å². The Morgan fingerprint density at radius 3 is 3.07 bits per heavy atom. The molecule has 0 bridgehead atoms. The summed E-state index contributed by atoms with van der Waals surface area (Å²) in [5.41, 5.74) is 1.08. The molecule has 2 N–H and O–H groups in total. The maximum Gasteiger partial charge on any atom is 0.0701 e. The summed E-state index contributed by atoms with van der Waals surface area (Å²) in [4.78, 5) is 0. The lowest BCUT2D eigenvalue weighted by Gasteiger charge is -2.13. The highest BCUT2D eigenvalue weighted by Crippen LogP contribution is 1.92. The first-order valence-corrected chi connectivity index (χ1v) is 5.11. The predicted octanol–water partition coefficient (Wildman–Crippen LogP) is 0.551. The number of H-pyrrole nitrogens is 1. The Bertz CT molecular complexity index is 239. The predicted molar refractivity (Wildman–Crippen MR) is 57.6 cm³/mol. The number of hydrogen-bond acceptors (Lipinski definition) is 4. The van der Waals surface area contributed by atoms with Gasteiger partial charge < -0.3 is 14.8 Å². The number of ether oxygens (including phenoxy) is 2. The van der Waals surface area contributed by atoms with Gasteiger partial charge in [0.05, 0.1) is 19.8 Å².